The summed E-state index contributed by atoms with van der Waals surface area (Å²) in [6, 6.07) is 5.58. The van der Waals surface area contributed by atoms with Crippen LogP contribution in [0.4, 0.5) is 4.39 Å². The molecule has 1 heterocycles. The summed E-state index contributed by atoms with van der Waals surface area (Å²) in [7, 11) is 0. The Morgan fingerprint density at radius 1 is 1.25 bits per heavy atom. The lowest BCUT2D eigenvalue weighted by Gasteiger charge is -2.02. The van der Waals surface area contributed by atoms with Gasteiger partial charge in [-0.2, -0.15) is 5.10 Å². The lowest BCUT2D eigenvalue weighted by Crippen LogP contribution is -2.35. The molecular weight excluding hydrogens is 213 g/mol. The largest absolute Gasteiger partial charge is 0.345 e. The van der Waals surface area contributed by atoms with Gasteiger partial charge in [-0.3, -0.25) is 9.36 Å². The van der Waals surface area contributed by atoms with E-state index in [0.717, 1.165) is 10.8 Å². The Kier molecular flexibility index (Phi) is 2.63. The molecule has 0 aliphatic heterocycles. The van der Waals surface area contributed by atoms with Crippen LogP contribution in [-0.2, 0) is 6.54 Å². The number of benzene rings is 1. The van der Waals surface area contributed by atoms with Gasteiger partial charge in [-0.25, -0.2) is 14.3 Å². The Morgan fingerprint density at radius 3 is 2.56 bits per heavy atom. The van der Waals surface area contributed by atoms with Gasteiger partial charge in [0.1, 0.15) is 12.0 Å². The number of aromatic amines is 1. The van der Waals surface area contributed by atoms with Crippen molar-refractivity contribution in [2.45, 2.75) is 6.54 Å². The van der Waals surface area contributed by atoms with Crippen LogP contribution in [0.25, 0.3) is 0 Å². The topological polar surface area (TPSA) is 67.8 Å². The fourth-order valence-corrected chi connectivity index (χ4v) is 1.29. The number of hydrogen-bond acceptors (Lipinski definition) is 3. The van der Waals surface area contributed by atoms with Crippen LogP contribution in [0, 0.1) is 5.82 Å². The van der Waals surface area contributed by atoms with Crippen LogP contribution in [0.3, 0.4) is 0 Å². The molecule has 2 rings (SSSR count). The molecule has 1 aromatic heterocycles. The normalized spacial score (nSPS) is 10.3. The van der Waals surface area contributed by atoms with Gasteiger partial charge in [-0.15, -0.1) is 0 Å². The summed E-state index contributed by atoms with van der Waals surface area (Å²) in [5, 5.41) is 5.53. The molecule has 1 N–H and O–H groups in total. The maximum Gasteiger partial charge on any atom is 0.345 e. The molecule has 6 heteroatoms. The van der Waals surface area contributed by atoms with Crippen LogP contribution in [-0.4, -0.2) is 14.8 Å². The van der Waals surface area contributed by atoms with Gasteiger partial charge >= 0.3 is 5.69 Å². The van der Waals surface area contributed by atoms with E-state index in [1.165, 1.54) is 24.3 Å². The van der Waals surface area contributed by atoms with Gasteiger partial charge in [0, 0.05) is 0 Å². The summed E-state index contributed by atoms with van der Waals surface area (Å²) in [5.41, 5.74) is -0.412. The maximum atomic E-state index is 12.6. The van der Waals surface area contributed by atoms with Gasteiger partial charge in [0.05, 0.1) is 6.54 Å². The number of rotatable bonds is 2. The van der Waals surface area contributed by atoms with E-state index >= 15 is 0 Å². The van der Waals surface area contributed by atoms with Crippen molar-refractivity contribution >= 4 is 0 Å². The summed E-state index contributed by atoms with van der Waals surface area (Å²) in [6.07, 6.45) is 1.02. The van der Waals surface area contributed by atoms with Gasteiger partial charge in [-0.1, -0.05) is 12.1 Å². The molecule has 1 aromatic carbocycles. The highest BCUT2D eigenvalue weighted by molar-refractivity contribution is 5.16. The first-order valence-electron chi connectivity index (χ1n) is 4.56. The van der Waals surface area contributed by atoms with E-state index in [1.807, 2.05) is 0 Å². The SMILES string of the molecule is O=c1cn[nH]c(=O)n1Cc1ccc(F)cc1. The summed E-state index contributed by atoms with van der Waals surface area (Å²) in [5.74, 6) is -0.361. The minimum Gasteiger partial charge on any atom is -0.267 e. The van der Waals surface area contributed by atoms with Crippen molar-refractivity contribution in [1.29, 1.82) is 0 Å². The van der Waals surface area contributed by atoms with Gasteiger partial charge < -0.3 is 0 Å². The Balaban J connectivity index is 2.38. The molecule has 5 nitrogen and oxygen atoms in total. The van der Waals surface area contributed by atoms with E-state index in [9.17, 15) is 14.0 Å². The Bertz CT molecular complexity index is 572. The lowest BCUT2D eigenvalue weighted by atomic mass is 10.2. The van der Waals surface area contributed by atoms with Crippen molar-refractivity contribution in [2.24, 2.45) is 0 Å². The van der Waals surface area contributed by atoms with E-state index in [-0.39, 0.29) is 12.4 Å². The third-order valence-corrected chi connectivity index (χ3v) is 2.10. The van der Waals surface area contributed by atoms with Gasteiger partial charge in [-0.05, 0) is 17.7 Å². The molecule has 16 heavy (non-hydrogen) atoms. The molecule has 0 bridgehead atoms. The number of hydrogen-bond donors (Lipinski definition) is 1. The average Bonchev–Trinajstić information content (AvgIpc) is 2.26. The van der Waals surface area contributed by atoms with Gasteiger partial charge in [0.25, 0.3) is 5.56 Å². The molecule has 0 radical (unpaired) electrons. The van der Waals surface area contributed by atoms with Crippen molar-refractivity contribution in [3.63, 3.8) is 0 Å². The van der Waals surface area contributed by atoms with Crippen LogP contribution in [0.2, 0.25) is 0 Å². The minimum absolute atomic E-state index is 0.0942. The Hall–Kier alpha value is -2.24. The average molecular weight is 221 g/mol. The fraction of sp³-hybridized carbons (Fsp3) is 0.100. The van der Waals surface area contributed by atoms with Gasteiger partial charge in [0.2, 0.25) is 0 Å². The van der Waals surface area contributed by atoms with Crippen molar-refractivity contribution in [1.82, 2.24) is 14.8 Å². The van der Waals surface area contributed by atoms with Crippen molar-refractivity contribution in [3.8, 4) is 0 Å². The molecule has 82 valence electrons. The van der Waals surface area contributed by atoms with Crippen LogP contribution >= 0.6 is 0 Å². The number of nitrogens with zero attached hydrogens (tertiary/aromatic N) is 2. The molecule has 0 aliphatic rings. The molecule has 0 atom stereocenters. The summed E-state index contributed by atoms with van der Waals surface area (Å²) < 4.78 is 13.6. The quantitative estimate of drug-likeness (QED) is 0.783. The van der Waals surface area contributed by atoms with Crippen LogP contribution in [0.1, 0.15) is 5.56 Å². The third kappa shape index (κ3) is 2.05. The van der Waals surface area contributed by atoms with Crippen LogP contribution in [0.15, 0.2) is 40.1 Å². The monoisotopic (exact) mass is 221 g/mol. The highest BCUT2D eigenvalue weighted by Gasteiger charge is 2.02. The molecule has 0 unspecified atom stereocenters. The maximum absolute atomic E-state index is 12.6. The first kappa shape index (κ1) is 10.3. The summed E-state index contributed by atoms with van der Waals surface area (Å²) >= 11 is 0. The number of H-pyrrole nitrogens is 1. The van der Waals surface area contributed by atoms with E-state index in [1.54, 1.807) is 0 Å². The molecule has 0 spiro atoms. The third-order valence-electron chi connectivity index (χ3n) is 2.10. The van der Waals surface area contributed by atoms with E-state index < -0.39 is 11.2 Å². The zero-order valence-electron chi connectivity index (χ0n) is 8.18. The molecule has 0 aliphatic carbocycles. The predicted octanol–water partition coefficient (Wildman–Crippen LogP) is 0.119. The number of halogens is 1. The molecule has 0 saturated heterocycles. The Morgan fingerprint density at radius 2 is 1.94 bits per heavy atom. The molecule has 0 saturated carbocycles. The molecule has 0 fully saturated rings. The van der Waals surface area contributed by atoms with Crippen LogP contribution in [0.5, 0.6) is 0 Å². The molecule has 0 amide bonds. The summed E-state index contributed by atoms with van der Waals surface area (Å²) in [4.78, 5) is 22.6. The standard InChI is InChI=1S/C10H8FN3O2/c11-8-3-1-7(2-4-8)6-14-9(15)5-12-13-10(14)16/h1-5H,6H2,(H,13,16). The first-order valence-corrected chi connectivity index (χ1v) is 4.56. The second-order valence-corrected chi connectivity index (χ2v) is 3.23. The van der Waals surface area contributed by atoms with Crippen molar-refractivity contribution < 1.29 is 4.39 Å². The van der Waals surface area contributed by atoms with E-state index in [2.05, 4.69) is 10.2 Å². The minimum atomic E-state index is -0.586. The highest BCUT2D eigenvalue weighted by atomic mass is 19.1. The van der Waals surface area contributed by atoms with Crippen LogP contribution < -0.4 is 11.2 Å². The number of aromatic nitrogens is 3. The zero-order valence-corrected chi connectivity index (χ0v) is 8.18. The Labute approximate surface area is 89.2 Å². The summed E-state index contributed by atoms with van der Waals surface area (Å²) in [6.45, 7) is 0.0942. The highest BCUT2D eigenvalue weighted by Crippen LogP contribution is 2.02. The van der Waals surface area contributed by atoms with E-state index in [4.69, 9.17) is 0 Å². The fourth-order valence-electron chi connectivity index (χ4n) is 1.29. The number of nitrogens with one attached hydrogen (secondary N) is 1. The van der Waals surface area contributed by atoms with Crippen molar-refractivity contribution in [2.75, 3.05) is 0 Å². The van der Waals surface area contributed by atoms with E-state index in [0.29, 0.717) is 5.56 Å². The second kappa shape index (κ2) is 4.09. The smallest absolute Gasteiger partial charge is 0.267 e. The predicted molar refractivity (Wildman–Crippen MR) is 54.6 cm³/mol. The molecule has 2 aromatic rings. The lowest BCUT2D eigenvalue weighted by molar-refractivity contribution is 0.624. The first-order chi connectivity index (χ1) is 7.66. The zero-order chi connectivity index (χ0) is 11.5. The molecular formula is C10H8FN3O2. The van der Waals surface area contributed by atoms with Gasteiger partial charge in [0.15, 0.2) is 0 Å². The second-order valence-electron chi connectivity index (χ2n) is 3.23. The van der Waals surface area contributed by atoms with Crippen molar-refractivity contribution in [3.05, 3.63) is 62.7 Å².